The van der Waals surface area contributed by atoms with Gasteiger partial charge in [-0.2, -0.15) is 0 Å². The van der Waals surface area contributed by atoms with Crippen molar-refractivity contribution in [3.05, 3.63) is 0 Å². The van der Waals surface area contributed by atoms with Gasteiger partial charge in [0.25, 0.3) is 0 Å². The fourth-order valence-electron chi connectivity index (χ4n) is 1.53. The zero-order chi connectivity index (χ0) is 12.1. The van der Waals surface area contributed by atoms with Gasteiger partial charge < -0.3 is 15.1 Å². The van der Waals surface area contributed by atoms with Crippen molar-refractivity contribution in [2.24, 2.45) is 5.92 Å². The minimum atomic E-state index is 0.654. The van der Waals surface area contributed by atoms with Crippen molar-refractivity contribution in [3.8, 4) is 0 Å². The maximum Gasteiger partial charge on any atom is 0.169 e. The normalized spacial score (nSPS) is 15.6. The first-order chi connectivity index (χ1) is 7.49. The third kappa shape index (κ3) is 5.66. The van der Waals surface area contributed by atoms with Crippen LogP contribution in [0.25, 0.3) is 0 Å². The van der Waals surface area contributed by atoms with Crippen LogP contribution >= 0.6 is 12.2 Å². The molecule has 1 rings (SSSR count). The summed E-state index contributed by atoms with van der Waals surface area (Å²) >= 11 is 5.46. The van der Waals surface area contributed by atoms with E-state index in [0.717, 1.165) is 24.7 Å². The average molecular weight is 243 g/mol. The lowest BCUT2D eigenvalue weighted by atomic mass is 10.2. The third-order valence-corrected chi connectivity index (χ3v) is 2.97. The van der Waals surface area contributed by atoms with E-state index in [-0.39, 0.29) is 0 Å². The maximum atomic E-state index is 5.46. The van der Waals surface area contributed by atoms with E-state index in [1.807, 2.05) is 0 Å². The third-order valence-electron chi connectivity index (χ3n) is 2.59. The van der Waals surface area contributed by atoms with E-state index in [2.05, 4.69) is 43.1 Å². The van der Waals surface area contributed by atoms with E-state index in [0.29, 0.717) is 12.0 Å². The van der Waals surface area contributed by atoms with Gasteiger partial charge in [-0.25, -0.2) is 0 Å². The van der Waals surface area contributed by atoms with Crippen LogP contribution in [0.5, 0.6) is 0 Å². The highest BCUT2D eigenvalue weighted by atomic mass is 32.1. The van der Waals surface area contributed by atoms with Crippen LogP contribution in [0, 0.1) is 5.92 Å². The number of nitrogens with one attached hydrogen (secondary N) is 1. The molecule has 0 unspecified atom stereocenters. The van der Waals surface area contributed by atoms with Crippen LogP contribution in [0.1, 0.15) is 26.7 Å². The zero-order valence-electron chi connectivity index (χ0n) is 11.0. The Hall–Kier alpha value is -0.350. The van der Waals surface area contributed by atoms with Crippen LogP contribution in [-0.2, 0) is 0 Å². The zero-order valence-corrected chi connectivity index (χ0v) is 11.8. The predicted molar refractivity (Wildman–Crippen MR) is 73.7 cm³/mol. The van der Waals surface area contributed by atoms with Gasteiger partial charge in [-0.05, 0) is 45.1 Å². The summed E-state index contributed by atoms with van der Waals surface area (Å²) in [6.07, 6.45) is 2.56. The van der Waals surface area contributed by atoms with Crippen LogP contribution in [-0.4, -0.2) is 54.7 Å². The molecule has 4 heteroatoms. The maximum absolute atomic E-state index is 5.46. The number of rotatable bonds is 6. The molecule has 0 atom stereocenters. The molecule has 0 aromatic rings. The van der Waals surface area contributed by atoms with Crippen LogP contribution in [0.2, 0.25) is 0 Å². The van der Waals surface area contributed by atoms with E-state index < -0.39 is 0 Å². The smallest absolute Gasteiger partial charge is 0.169 e. The largest absolute Gasteiger partial charge is 0.360 e. The van der Waals surface area contributed by atoms with Crippen molar-refractivity contribution < 1.29 is 0 Å². The van der Waals surface area contributed by atoms with Gasteiger partial charge in [-0.1, -0.05) is 13.8 Å². The topological polar surface area (TPSA) is 18.5 Å². The molecule has 0 aromatic carbocycles. The van der Waals surface area contributed by atoms with Gasteiger partial charge in [-0.3, -0.25) is 0 Å². The van der Waals surface area contributed by atoms with E-state index in [4.69, 9.17) is 12.2 Å². The molecule has 3 nitrogen and oxygen atoms in total. The number of hydrogen-bond acceptors (Lipinski definition) is 2. The molecule has 0 aromatic heterocycles. The molecule has 1 fully saturated rings. The quantitative estimate of drug-likeness (QED) is 0.713. The van der Waals surface area contributed by atoms with Crippen LogP contribution in [0.4, 0.5) is 0 Å². The van der Waals surface area contributed by atoms with E-state index in [9.17, 15) is 0 Å². The molecule has 0 radical (unpaired) electrons. The second kappa shape index (κ2) is 6.40. The molecule has 16 heavy (non-hydrogen) atoms. The first kappa shape index (κ1) is 13.7. The molecule has 0 bridgehead atoms. The lowest BCUT2D eigenvalue weighted by Crippen LogP contribution is -2.45. The molecule has 0 heterocycles. The highest BCUT2D eigenvalue weighted by molar-refractivity contribution is 7.80. The molecule has 94 valence electrons. The standard InChI is InChI=1S/C12H25N3S/c1-10(2)9-15(8-7-14(3)4)12(16)13-11-5-6-11/h10-11H,5-9H2,1-4H3,(H,13,16). The number of nitrogens with zero attached hydrogens (tertiary/aromatic N) is 2. The highest BCUT2D eigenvalue weighted by Gasteiger charge is 2.23. The molecule has 0 amide bonds. The Kier molecular flexibility index (Phi) is 5.49. The molecule has 1 aliphatic carbocycles. The molecule has 1 N–H and O–H groups in total. The molecule has 0 spiro atoms. The van der Waals surface area contributed by atoms with Crippen molar-refractivity contribution in [2.75, 3.05) is 33.7 Å². The molecule has 1 aliphatic rings. The predicted octanol–water partition coefficient (Wildman–Crippen LogP) is 1.54. The van der Waals surface area contributed by atoms with Gasteiger partial charge in [0.05, 0.1) is 0 Å². The lowest BCUT2D eigenvalue weighted by Gasteiger charge is -2.28. The highest BCUT2D eigenvalue weighted by Crippen LogP contribution is 2.19. The van der Waals surface area contributed by atoms with Gasteiger partial charge in [0.2, 0.25) is 0 Å². The Labute approximate surface area is 105 Å². The second-order valence-electron chi connectivity index (χ2n) is 5.37. The molecule has 1 saturated carbocycles. The van der Waals surface area contributed by atoms with Crippen LogP contribution < -0.4 is 5.32 Å². The summed E-state index contributed by atoms with van der Waals surface area (Å²) in [7, 11) is 4.20. The van der Waals surface area contributed by atoms with Crippen molar-refractivity contribution in [1.82, 2.24) is 15.1 Å². The van der Waals surface area contributed by atoms with Crippen molar-refractivity contribution in [3.63, 3.8) is 0 Å². The second-order valence-corrected chi connectivity index (χ2v) is 5.75. The van der Waals surface area contributed by atoms with E-state index in [1.54, 1.807) is 0 Å². The SMILES string of the molecule is CC(C)CN(CCN(C)C)C(=S)NC1CC1. The summed E-state index contributed by atoms with van der Waals surface area (Å²) in [5.41, 5.74) is 0. The number of thiocarbonyl (C=S) groups is 1. The fourth-order valence-corrected chi connectivity index (χ4v) is 1.86. The Morgan fingerprint density at radius 1 is 1.31 bits per heavy atom. The minimum absolute atomic E-state index is 0.654. The molecular weight excluding hydrogens is 218 g/mol. The first-order valence-corrected chi connectivity index (χ1v) is 6.60. The first-order valence-electron chi connectivity index (χ1n) is 6.19. The van der Waals surface area contributed by atoms with Gasteiger partial charge in [-0.15, -0.1) is 0 Å². The van der Waals surface area contributed by atoms with Gasteiger partial charge >= 0.3 is 0 Å². The molecule has 0 saturated heterocycles. The lowest BCUT2D eigenvalue weighted by molar-refractivity contribution is 0.304. The number of hydrogen-bond donors (Lipinski definition) is 1. The summed E-state index contributed by atoms with van der Waals surface area (Å²) in [5.74, 6) is 0.654. The van der Waals surface area contributed by atoms with Crippen molar-refractivity contribution in [2.45, 2.75) is 32.7 Å². The van der Waals surface area contributed by atoms with Crippen LogP contribution in [0.15, 0.2) is 0 Å². The Morgan fingerprint density at radius 2 is 1.94 bits per heavy atom. The number of likely N-dealkylation sites (N-methyl/N-ethyl adjacent to an activating group) is 1. The van der Waals surface area contributed by atoms with E-state index in [1.165, 1.54) is 12.8 Å². The molecular formula is C12H25N3S. The van der Waals surface area contributed by atoms with Gasteiger partial charge in [0.15, 0.2) is 5.11 Å². The van der Waals surface area contributed by atoms with Crippen LogP contribution in [0.3, 0.4) is 0 Å². The minimum Gasteiger partial charge on any atom is -0.360 e. The van der Waals surface area contributed by atoms with Crippen molar-refractivity contribution >= 4 is 17.3 Å². The Bertz CT molecular complexity index is 224. The van der Waals surface area contributed by atoms with Gasteiger partial charge in [0.1, 0.15) is 0 Å². The Morgan fingerprint density at radius 3 is 2.38 bits per heavy atom. The fraction of sp³-hybridized carbons (Fsp3) is 0.917. The van der Waals surface area contributed by atoms with Crippen molar-refractivity contribution in [1.29, 1.82) is 0 Å². The summed E-state index contributed by atoms with van der Waals surface area (Å²) in [4.78, 5) is 4.51. The van der Waals surface area contributed by atoms with E-state index >= 15 is 0 Å². The summed E-state index contributed by atoms with van der Waals surface area (Å²) in [6, 6.07) is 0.654. The summed E-state index contributed by atoms with van der Waals surface area (Å²) < 4.78 is 0. The summed E-state index contributed by atoms with van der Waals surface area (Å²) in [6.45, 7) is 7.60. The summed E-state index contributed by atoms with van der Waals surface area (Å²) in [5, 5.41) is 4.36. The molecule has 0 aliphatic heterocycles. The average Bonchev–Trinajstić information content (AvgIpc) is 2.94. The monoisotopic (exact) mass is 243 g/mol. The van der Waals surface area contributed by atoms with Gasteiger partial charge in [0, 0.05) is 25.7 Å². The Balaban J connectivity index is 2.37.